The third kappa shape index (κ3) is 2.66. The Morgan fingerprint density at radius 1 is 1.37 bits per heavy atom. The van der Waals surface area contributed by atoms with Crippen LogP contribution >= 0.6 is 0 Å². The minimum Gasteiger partial charge on any atom is -0.310 e. The van der Waals surface area contributed by atoms with Gasteiger partial charge in [0.15, 0.2) is 0 Å². The lowest BCUT2D eigenvalue weighted by molar-refractivity contribution is 0.536. The number of halogens is 1. The van der Waals surface area contributed by atoms with E-state index in [1.165, 1.54) is 6.07 Å². The van der Waals surface area contributed by atoms with E-state index in [2.05, 4.69) is 15.4 Å². The van der Waals surface area contributed by atoms with Crippen molar-refractivity contribution >= 4 is 0 Å². The molecule has 0 aliphatic heterocycles. The van der Waals surface area contributed by atoms with Gasteiger partial charge < -0.3 is 5.32 Å². The van der Waals surface area contributed by atoms with E-state index in [0.717, 1.165) is 18.1 Å². The summed E-state index contributed by atoms with van der Waals surface area (Å²) in [6.07, 6.45) is 0. The Bertz CT molecular complexity index is 577. The zero-order chi connectivity index (χ0) is 14.0. The van der Waals surface area contributed by atoms with Crippen molar-refractivity contribution in [2.45, 2.75) is 33.7 Å². The number of aryl methyl sites for hydroxylation is 2. The lowest BCUT2D eigenvalue weighted by atomic mass is 10.1. The molecule has 1 atom stereocenters. The van der Waals surface area contributed by atoms with Crippen molar-refractivity contribution in [2.24, 2.45) is 0 Å². The molecule has 0 radical (unpaired) electrons. The Hall–Kier alpha value is -1.75. The minimum atomic E-state index is -0.224. The summed E-state index contributed by atoms with van der Waals surface area (Å²) in [6.45, 7) is 8.43. The van der Waals surface area contributed by atoms with Crippen molar-refractivity contribution in [1.29, 1.82) is 0 Å². The first-order valence-corrected chi connectivity index (χ1v) is 6.47. The Labute approximate surface area is 112 Å². The second-order valence-electron chi connectivity index (χ2n) is 4.57. The Kier molecular flexibility index (Phi) is 3.95. The van der Waals surface area contributed by atoms with Gasteiger partial charge in [-0.3, -0.25) is 0 Å². The van der Waals surface area contributed by atoms with Crippen LogP contribution in [-0.2, 0) is 0 Å². The van der Waals surface area contributed by atoms with E-state index in [4.69, 9.17) is 0 Å². The van der Waals surface area contributed by atoms with Crippen molar-refractivity contribution in [3.8, 4) is 5.69 Å². The van der Waals surface area contributed by atoms with E-state index in [0.29, 0.717) is 11.4 Å². The highest BCUT2D eigenvalue weighted by atomic mass is 19.1. The van der Waals surface area contributed by atoms with E-state index in [1.54, 1.807) is 10.7 Å². The van der Waals surface area contributed by atoms with Crippen LogP contribution in [0, 0.1) is 19.7 Å². The summed E-state index contributed by atoms with van der Waals surface area (Å²) in [5.74, 6) is 1.22. The Balaban J connectivity index is 2.57. The van der Waals surface area contributed by atoms with Crippen LogP contribution in [0.5, 0.6) is 0 Å². The molecule has 0 bridgehead atoms. The molecule has 0 saturated heterocycles. The number of hydrogen-bond donors (Lipinski definition) is 1. The summed E-state index contributed by atoms with van der Waals surface area (Å²) in [6, 6.07) is 4.97. The quantitative estimate of drug-likeness (QED) is 0.921. The molecule has 1 aromatic heterocycles. The monoisotopic (exact) mass is 262 g/mol. The van der Waals surface area contributed by atoms with Gasteiger partial charge in [0.05, 0.1) is 5.69 Å². The molecule has 0 amide bonds. The largest absolute Gasteiger partial charge is 0.310 e. The number of nitrogens with one attached hydrogen (secondary N) is 1. The topological polar surface area (TPSA) is 42.7 Å². The van der Waals surface area contributed by atoms with Gasteiger partial charge >= 0.3 is 0 Å². The second-order valence-corrected chi connectivity index (χ2v) is 4.57. The maximum Gasteiger partial charge on any atom is 0.148 e. The molecule has 1 unspecified atom stereocenters. The summed E-state index contributed by atoms with van der Waals surface area (Å²) < 4.78 is 15.8. The van der Waals surface area contributed by atoms with Crippen LogP contribution in [0.3, 0.4) is 0 Å². The van der Waals surface area contributed by atoms with Crippen molar-refractivity contribution in [3.05, 3.63) is 41.2 Å². The fourth-order valence-electron chi connectivity index (χ4n) is 2.30. The predicted molar refractivity (Wildman–Crippen MR) is 72.9 cm³/mol. The highest BCUT2D eigenvalue weighted by molar-refractivity contribution is 5.43. The van der Waals surface area contributed by atoms with E-state index >= 15 is 0 Å². The lowest BCUT2D eigenvalue weighted by Crippen LogP contribution is -2.21. The summed E-state index contributed by atoms with van der Waals surface area (Å²) in [5, 5.41) is 7.57. The maximum absolute atomic E-state index is 14.1. The number of aromatic nitrogens is 3. The molecule has 0 fully saturated rings. The van der Waals surface area contributed by atoms with E-state index in [-0.39, 0.29) is 11.9 Å². The molecule has 102 valence electrons. The molecule has 19 heavy (non-hydrogen) atoms. The Morgan fingerprint density at radius 2 is 2.11 bits per heavy atom. The van der Waals surface area contributed by atoms with Crippen molar-refractivity contribution in [2.75, 3.05) is 6.54 Å². The van der Waals surface area contributed by atoms with E-state index in [1.807, 2.05) is 33.8 Å². The third-order valence-electron chi connectivity index (χ3n) is 3.08. The van der Waals surface area contributed by atoms with Gasteiger partial charge in [0, 0.05) is 11.6 Å². The van der Waals surface area contributed by atoms with E-state index < -0.39 is 0 Å². The van der Waals surface area contributed by atoms with Gasteiger partial charge in [0.2, 0.25) is 0 Å². The highest BCUT2D eigenvalue weighted by Crippen LogP contribution is 2.25. The van der Waals surface area contributed by atoms with Gasteiger partial charge in [-0.05, 0) is 39.4 Å². The molecule has 2 rings (SSSR count). The standard InChI is InChI=1S/C14H19FN4/c1-5-16-9(2)14-12(15)7-6-8-13(14)19-11(4)17-10(3)18-19/h6-9,16H,5H2,1-4H3. The van der Waals surface area contributed by atoms with Crippen molar-refractivity contribution in [1.82, 2.24) is 20.1 Å². The van der Waals surface area contributed by atoms with E-state index in [9.17, 15) is 4.39 Å². The van der Waals surface area contributed by atoms with Crippen molar-refractivity contribution < 1.29 is 4.39 Å². The molecule has 5 heteroatoms. The lowest BCUT2D eigenvalue weighted by Gasteiger charge is -2.18. The molecular weight excluding hydrogens is 243 g/mol. The fourth-order valence-corrected chi connectivity index (χ4v) is 2.30. The summed E-state index contributed by atoms with van der Waals surface area (Å²) in [7, 11) is 0. The molecule has 0 aliphatic carbocycles. The fraction of sp³-hybridized carbons (Fsp3) is 0.429. The average molecular weight is 262 g/mol. The van der Waals surface area contributed by atoms with Crippen LogP contribution in [0.25, 0.3) is 5.69 Å². The molecule has 0 aliphatic rings. The maximum atomic E-state index is 14.1. The number of hydrogen-bond acceptors (Lipinski definition) is 3. The first kappa shape index (κ1) is 13.7. The summed E-state index contributed by atoms with van der Waals surface area (Å²) in [4.78, 5) is 4.27. The number of benzene rings is 1. The van der Waals surface area contributed by atoms with Crippen LogP contribution in [0.15, 0.2) is 18.2 Å². The number of rotatable bonds is 4. The highest BCUT2D eigenvalue weighted by Gasteiger charge is 2.18. The van der Waals surface area contributed by atoms with Gasteiger partial charge in [-0.2, -0.15) is 5.10 Å². The van der Waals surface area contributed by atoms with Crippen LogP contribution in [0.4, 0.5) is 4.39 Å². The normalized spacial score (nSPS) is 12.7. The van der Waals surface area contributed by atoms with Crippen LogP contribution in [0.1, 0.15) is 37.1 Å². The van der Waals surface area contributed by atoms with Crippen LogP contribution in [0.2, 0.25) is 0 Å². The van der Waals surface area contributed by atoms with Gasteiger partial charge in [-0.1, -0.05) is 13.0 Å². The zero-order valence-electron chi connectivity index (χ0n) is 11.7. The van der Waals surface area contributed by atoms with Gasteiger partial charge in [0.1, 0.15) is 17.5 Å². The molecule has 1 N–H and O–H groups in total. The minimum absolute atomic E-state index is 0.0786. The van der Waals surface area contributed by atoms with Crippen molar-refractivity contribution in [3.63, 3.8) is 0 Å². The SMILES string of the molecule is CCNC(C)c1c(F)cccc1-n1nc(C)nc1C. The van der Waals surface area contributed by atoms with Gasteiger partial charge in [-0.15, -0.1) is 0 Å². The van der Waals surface area contributed by atoms with Gasteiger partial charge in [-0.25, -0.2) is 14.1 Å². The molecule has 2 aromatic rings. The third-order valence-corrected chi connectivity index (χ3v) is 3.08. The summed E-state index contributed by atoms with van der Waals surface area (Å²) in [5.41, 5.74) is 1.36. The molecule has 4 nitrogen and oxygen atoms in total. The van der Waals surface area contributed by atoms with Crippen LogP contribution in [-0.4, -0.2) is 21.3 Å². The molecule has 0 saturated carbocycles. The average Bonchev–Trinajstić information content (AvgIpc) is 2.68. The first-order valence-electron chi connectivity index (χ1n) is 6.47. The smallest absolute Gasteiger partial charge is 0.148 e. The molecule has 1 heterocycles. The predicted octanol–water partition coefficient (Wildman–Crippen LogP) is 2.69. The molecular formula is C14H19FN4. The van der Waals surface area contributed by atoms with Gasteiger partial charge in [0.25, 0.3) is 0 Å². The molecule has 1 aromatic carbocycles. The first-order chi connectivity index (χ1) is 9.04. The van der Waals surface area contributed by atoms with Crippen LogP contribution < -0.4 is 5.32 Å². The Morgan fingerprint density at radius 3 is 2.68 bits per heavy atom. The number of nitrogens with zero attached hydrogens (tertiary/aromatic N) is 3. The zero-order valence-corrected chi connectivity index (χ0v) is 11.7. The summed E-state index contributed by atoms with van der Waals surface area (Å²) >= 11 is 0. The molecule has 0 spiro atoms. The second kappa shape index (κ2) is 5.48.